The van der Waals surface area contributed by atoms with Gasteiger partial charge in [0.25, 0.3) is 5.91 Å². The molecule has 2 N–H and O–H groups in total. The zero-order valence-corrected chi connectivity index (χ0v) is 12.7. The second-order valence-electron chi connectivity index (χ2n) is 5.99. The Labute approximate surface area is 129 Å². The Morgan fingerprint density at radius 2 is 2.23 bits per heavy atom. The normalized spacial score (nSPS) is 24.6. The fraction of sp³-hybridized carbons (Fsp3) is 0.500. The molecule has 1 fully saturated rings. The highest BCUT2D eigenvalue weighted by molar-refractivity contribution is 5.98. The molecule has 0 saturated carbocycles. The summed E-state index contributed by atoms with van der Waals surface area (Å²) in [5.74, 6) is 0.880. The molecule has 0 spiro atoms. The molecule has 6 nitrogen and oxygen atoms in total. The minimum Gasteiger partial charge on any atom is -0.489 e. The number of piperidine rings is 1. The Kier molecular flexibility index (Phi) is 4.18. The molecule has 6 heteroatoms. The fourth-order valence-electron chi connectivity index (χ4n) is 2.89. The van der Waals surface area contributed by atoms with Crippen molar-refractivity contribution < 1.29 is 14.3 Å². The van der Waals surface area contributed by atoms with Gasteiger partial charge >= 0.3 is 6.03 Å². The van der Waals surface area contributed by atoms with Gasteiger partial charge in [-0.1, -0.05) is 19.1 Å². The number of carbonyl (C=O) groups is 2. The maximum absolute atomic E-state index is 12.3. The number of hydrogen-bond acceptors (Lipinski definition) is 3. The summed E-state index contributed by atoms with van der Waals surface area (Å²) in [6, 6.07) is 6.38. The van der Waals surface area contributed by atoms with E-state index in [0.717, 1.165) is 25.9 Å². The first kappa shape index (κ1) is 14.7. The SMILES string of the molecule is CC1CCCN(C(=O)N[C@H]2COc3ccccc3NC2=O)C1. The number of benzene rings is 1. The number of hydrogen-bond donors (Lipinski definition) is 2. The molecule has 3 amide bonds. The van der Waals surface area contributed by atoms with Crippen molar-refractivity contribution in [3.05, 3.63) is 24.3 Å². The van der Waals surface area contributed by atoms with Crippen LogP contribution in [0, 0.1) is 5.92 Å². The minimum absolute atomic E-state index is 0.137. The number of anilines is 1. The van der Waals surface area contributed by atoms with Gasteiger partial charge in [-0.3, -0.25) is 4.79 Å². The number of nitrogens with zero attached hydrogens (tertiary/aromatic N) is 1. The molecule has 2 heterocycles. The summed E-state index contributed by atoms with van der Waals surface area (Å²) >= 11 is 0. The second kappa shape index (κ2) is 6.25. The highest BCUT2D eigenvalue weighted by Crippen LogP contribution is 2.26. The topological polar surface area (TPSA) is 70.7 Å². The van der Waals surface area contributed by atoms with Crippen molar-refractivity contribution in [2.45, 2.75) is 25.8 Å². The molecule has 3 rings (SSSR count). The lowest BCUT2D eigenvalue weighted by atomic mass is 10.0. The predicted molar refractivity (Wildman–Crippen MR) is 82.9 cm³/mol. The van der Waals surface area contributed by atoms with Crippen LogP contribution < -0.4 is 15.4 Å². The molecule has 2 atom stereocenters. The van der Waals surface area contributed by atoms with Crippen LogP contribution >= 0.6 is 0 Å². The van der Waals surface area contributed by atoms with E-state index < -0.39 is 6.04 Å². The van der Waals surface area contributed by atoms with Crippen LogP contribution in [0.15, 0.2) is 24.3 Å². The average molecular weight is 303 g/mol. The van der Waals surface area contributed by atoms with Gasteiger partial charge in [0.05, 0.1) is 5.69 Å². The second-order valence-corrected chi connectivity index (χ2v) is 5.99. The minimum atomic E-state index is -0.683. The van der Waals surface area contributed by atoms with Crippen LogP contribution in [0.3, 0.4) is 0 Å². The third kappa shape index (κ3) is 3.16. The summed E-state index contributed by atoms with van der Waals surface area (Å²) in [4.78, 5) is 26.3. The van der Waals surface area contributed by atoms with Crippen molar-refractivity contribution in [2.75, 3.05) is 25.0 Å². The zero-order valence-electron chi connectivity index (χ0n) is 12.7. The van der Waals surface area contributed by atoms with E-state index in [1.165, 1.54) is 0 Å². The van der Waals surface area contributed by atoms with Crippen molar-refractivity contribution in [1.82, 2.24) is 10.2 Å². The maximum atomic E-state index is 12.3. The molecule has 1 aromatic rings. The van der Waals surface area contributed by atoms with Gasteiger partial charge < -0.3 is 20.3 Å². The van der Waals surface area contributed by atoms with Gasteiger partial charge in [-0.05, 0) is 30.9 Å². The van der Waals surface area contributed by atoms with Crippen molar-refractivity contribution >= 4 is 17.6 Å². The number of para-hydroxylation sites is 2. The number of amides is 3. The number of rotatable bonds is 1. The number of urea groups is 1. The van der Waals surface area contributed by atoms with E-state index in [-0.39, 0.29) is 18.5 Å². The van der Waals surface area contributed by atoms with Gasteiger partial charge in [0.15, 0.2) is 0 Å². The summed E-state index contributed by atoms with van der Waals surface area (Å²) < 4.78 is 5.62. The summed E-state index contributed by atoms with van der Waals surface area (Å²) in [5.41, 5.74) is 0.635. The molecular formula is C16H21N3O3. The zero-order chi connectivity index (χ0) is 15.5. The van der Waals surface area contributed by atoms with E-state index in [0.29, 0.717) is 17.4 Å². The molecule has 1 unspecified atom stereocenters. The first-order chi connectivity index (χ1) is 10.6. The van der Waals surface area contributed by atoms with Gasteiger partial charge in [-0.15, -0.1) is 0 Å². The van der Waals surface area contributed by atoms with Crippen LogP contribution in [0.5, 0.6) is 5.75 Å². The highest BCUT2D eigenvalue weighted by atomic mass is 16.5. The van der Waals surface area contributed by atoms with E-state index in [9.17, 15) is 9.59 Å². The maximum Gasteiger partial charge on any atom is 0.318 e. The number of nitrogens with one attached hydrogen (secondary N) is 2. The van der Waals surface area contributed by atoms with Crippen LogP contribution in [0.25, 0.3) is 0 Å². The summed E-state index contributed by atoms with van der Waals surface area (Å²) in [6.07, 6.45) is 2.15. The molecule has 118 valence electrons. The first-order valence-electron chi connectivity index (χ1n) is 7.71. The van der Waals surface area contributed by atoms with Gasteiger partial charge in [0.2, 0.25) is 0 Å². The summed E-state index contributed by atoms with van der Waals surface area (Å²) in [6.45, 7) is 3.75. The average Bonchev–Trinajstić information content (AvgIpc) is 2.67. The van der Waals surface area contributed by atoms with Crippen LogP contribution in [-0.2, 0) is 4.79 Å². The van der Waals surface area contributed by atoms with E-state index in [4.69, 9.17) is 4.74 Å². The van der Waals surface area contributed by atoms with Gasteiger partial charge in [-0.25, -0.2) is 4.79 Å². The monoisotopic (exact) mass is 303 g/mol. The molecule has 0 bridgehead atoms. The molecule has 2 aliphatic heterocycles. The van der Waals surface area contributed by atoms with Crippen LogP contribution in [0.4, 0.5) is 10.5 Å². The molecule has 0 aromatic heterocycles. The highest BCUT2D eigenvalue weighted by Gasteiger charge is 2.29. The Balaban J connectivity index is 1.63. The smallest absolute Gasteiger partial charge is 0.318 e. The van der Waals surface area contributed by atoms with Gasteiger partial charge in [0, 0.05) is 13.1 Å². The largest absolute Gasteiger partial charge is 0.489 e. The van der Waals surface area contributed by atoms with E-state index >= 15 is 0 Å². The van der Waals surface area contributed by atoms with E-state index in [2.05, 4.69) is 17.6 Å². The Hall–Kier alpha value is -2.24. The van der Waals surface area contributed by atoms with Gasteiger partial charge in [-0.2, -0.15) is 0 Å². The fourth-order valence-corrected chi connectivity index (χ4v) is 2.89. The number of carbonyl (C=O) groups excluding carboxylic acids is 2. The van der Waals surface area contributed by atoms with Crippen molar-refractivity contribution in [3.8, 4) is 5.75 Å². The van der Waals surface area contributed by atoms with Crippen molar-refractivity contribution in [2.24, 2.45) is 5.92 Å². The Morgan fingerprint density at radius 1 is 1.41 bits per heavy atom. The standard InChI is InChI=1S/C16H21N3O3/c1-11-5-4-8-19(9-11)16(21)18-13-10-22-14-7-3-2-6-12(14)17-15(13)20/h2-3,6-7,11,13H,4-5,8-10H2,1H3,(H,17,20)(H,18,21)/t11?,13-/m0/s1. The Bertz CT molecular complexity index is 576. The lowest BCUT2D eigenvalue weighted by molar-refractivity contribution is -0.118. The van der Waals surface area contributed by atoms with Gasteiger partial charge in [0.1, 0.15) is 18.4 Å². The number of fused-ring (bicyclic) bond motifs is 1. The first-order valence-corrected chi connectivity index (χ1v) is 7.71. The van der Waals surface area contributed by atoms with Crippen LogP contribution in [0.1, 0.15) is 19.8 Å². The predicted octanol–water partition coefficient (Wildman–Crippen LogP) is 1.83. The molecule has 1 saturated heterocycles. The van der Waals surface area contributed by atoms with Crippen LogP contribution in [0.2, 0.25) is 0 Å². The number of likely N-dealkylation sites (tertiary alicyclic amines) is 1. The summed E-state index contributed by atoms with van der Waals surface area (Å²) in [7, 11) is 0. The number of ether oxygens (including phenoxy) is 1. The van der Waals surface area contributed by atoms with E-state index in [1.807, 2.05) is 12.1 Å². The molecule has 22 heavy (non-hydrogen) atoms. The molecular weight excluding hydrogens is 282 g/mol. The lowest BCUT2D eigenvalue weighted by Gasteiger charge is -2.31. The molecule has 0 aliphatic carbocycles. The third-order valence-corrected chi connectivity index (χ3v) is 4.11. The molecule has 0 radical (unpaired) electrons. The van der Waals surface area contributed by atoms with Crippen molar-refractivity contribution in [1.29, 1.82) is 0 Å². The Morgan fingerprint density at radius 3 is 3.05 bits per heavy atom. The quantitative estimate of drug-likeness (QED) is 0.831. The van der Waals surface area contributed by atoms with E-state index in [1.54, 1.807) is 17.0 Å². The lowest BCUT2D eigenvalue weighted by Crippen LogP contribution is -2.53. The van der Waals surface area contributed by atoms with Crippen molar-refractivity contribution in [3.63, 3.8) is 0 Å². The molecule has 1 aromatic carbocycles. The third-order valence-electron chi connectivity index (χ3n) is 4.11. The summed E-state index contributed by atoms with van der Waals surface area (Å²) in [5, 5.41) is 5.58. The van der Waals surface area contributed by atoms with Crippen LogP contribution in [-0.4, -0.2) is 42.6 Å². The molecule has 2 aliphatic rings.